The van der Waals surface area contributed by atoms with Gasteiger partial charge in [0.1, 0.15) is 11.5 Å². The molecule has 2 heterocycles. The lowest BCUT2D eigenvalue weighted by atomic mass is 10.1. The van der Waals surface area contributed by atoms with E-state index >= 15 is 0 Å². The number of hydrogen-bond donors (Lipinski definition) is 0. The maximum Gasteiger partial charge on any atom is 0.416 e. The van der Waals surface area contributed by atoms with E-state index in [0.29, 0.717) is 34.0 Å². The minimum absolute atomic E-state index is 0.128. The molecule has 4 rings (SSSR count). The topological polar surface area (TPSA) is 55.4 Å². The quantitative estimate of drug-likeness (QED) is 0.540. The Morgan fingerprint density at radius 3 is 2.61 bits per heavy atom. The summed E-state index contributed by atoms with van der Waals surface area (Å²) in [5.41, 5.74) is 0.486. The zero-order chi connectivity index (χ0) is 19.7. The predicted octanol–water partition coefficient (Wildman–Crippen LogP) is 5.76. The van der Waals surface area contributed by atoms with Gasteiger partial charge in [0.2, 0.25) is 6.79 Å². The first-order chi connectivity index (χ1) is 13.4. The lowest BCUT2D eigenvalue weighted by molar-refractivity contribution is -0.137. The van der Waals surface area contributed by atoms with Crippen molar-refractivity contribution in [1.29, 1.82) is 5.26 Å². The third-order valence-electron chi connectivity index (χ3n) is 4.19. The Hall–Kier alpha value is -3.66. The molecule has 0 bridgehead atoms. The predicted molar refractivity (Wildman–Crippen MR) is 95.2 cm³/mol. The summed E-state index contributed by atoms with van der Waals surface area (Å²) >= 11 is 0. The highest BCUT2D eigenvalue weighted by Crippen LogP contribution is 2.36. The van der Waals surface area contributed by atoms with Crippen LogP contribution in [0, 0.1) is 11.3 Å². The fraction of sp³-hybridized carbons (Fsp3) is 0.0952. The molecule has 0 unspecified atom stereocenters. The maximum absolute atomic E-state index is 12.9. The third-order valence-corrected chi connectivity index (χ3v) is 4.19. The monoisotopic (exact) mass is 383 g/mol. The van der Waals surface area contributed by atoms with Crippen molar-refractivity contribution >= 4 is 11.6 Å². The second-order valence-electron chi connectivity index (χ2n) is 6.02. The van der Waals surface area contributed by atoms with E-state index in [2.05, 4.69) is 6.07 Å². The van der Waals surface area contributed by atoms with Crippen molar-refractivity contribution in [2.75, 3.05) is 6.79 Å². The molecule has 7 heteroatoms. The van der Waals surface area contributed by atoms with Gasteiger partial charge in [-0.3, -0.25) is 0 Å². The summed E-state index contributed by atoms with van der Waals surface area (Å²) in [6.07, 6.45) is -2.91. The van der Waals surface area contributed by atoms with Gasteiger partial charge in [0.05, 0.1) is 17.2 Å². The molecule has 1 aliphatic rings. The van der Waals surface area contributed by atoms with Gasteiger partial charge in [-0.1, -0.05) is 12.1 Å². The molecule has 0 N–H and O–H groups in total. The highest BCUT2D eigenvalue weighted by atomic mass is 19.4. The maximum atomic E-state index is 12.9. The van der Waals surface area contributed by atoms with Crippen LogP contribution in [0.3, 0.4) is 0 Å². The molecule has 3 aromatic rings. The summed E-state index contributed by atoms with van der Waals surface area (Å²) in [5.74, 6) is 1.77. The van der Waals surface area contributed by atoms with Crippen LogP contribution in [-0.2, 0) is 6.18 Å². The largest absolute Gasteiger partial charge is 0.457 e. The fourth-order valence-electron chi connectivity index (χ4n) is 2.82. The first kappa shape index (κ1) is 17.7. The summed E-state index contributed by atoms with van der Waals surface area (Å²) in [6, 6.07) is 15.3. The SMILES string of the molecule is N#C/C(=C/c1ccc(-c2cccc(C(F)(F)F)c2)o1)c1ccc2c(c1)OCO2. The first-order valence-corrected chi connectivity index (χ1v) is 8.23. The average molecular weight is 383 g/mol. The fourth-order valence-corrected chi connectivity index (χ4v) is 2.82. The van der Waals surface area contributed by atoms with Gasteiger partial charge >= 0.3 is 6.18 Å². The molecule has 0 radical (unpaired) electrons. The van der Waals surface area contributed by atoms with Crippen LogP contribution in [0.5, 0.6) is 11.5 Å². The van der Waals surface area contributed by atoms with Crippen molar-refractivity contribution in [3.05, 3.63) is 71.5 Å². The molecule has 0 saturated heterocycles. The third kappa shape index (κ3) is 3.45. The molecule has 0 saturated carbocycles. The molecule has 0 aliphatic carbocycles. The van der Waals surface area contributed by atoms with Gasteiger partial charge in [-0.05, 0) is 54.1 Å². The Morgan fingerprint density at radius 1 is 1.00 bits per heavy atom. The number of nitriles is 1. The van der Waals surface area contributed by atoms with Crippen molar-refractivity contribution in [3.8, 4) is 28.9 Å². The Labute approximate surface area is 158 Å². The molecule has 2 aromatic carbocycles. The number of alkyl halides is 3. The van der Waals surface area contributed by atoms with Crippen LogP contribution in [0.4, 0.5) is 13.2 Å². The van der Waals surface area contributed by atoms with E-state index < -0.39 is 11.7 Å². The van der Waals surface area contributed by atoms with Gasteiger partial charge in [0.25, 0.3) is 0 Å². The van der Waals surface area contributed by atoms with Gasteiger partial charge in [-0.15, -0.1) is 0 Å². The smallest absolute Gasteiger partial charge is 0.416 e. The number of fused-ring (bicyclic) bond motifs is 1. The van der Waals surface area contributed by atoms with E-state index in [-0.39, 0.29) is 12.6 Å². The molecule has 28 heavy (non-hydrogen) atoms. The summed E-state index contributed by atoms with van der Waals surface area (Å²) in [6.45, 7) is 0.128. The van der Waals surface area contributed by atoms with Crippen molar-refractivity contribution in [2.45, 2.75) is 6.18 Å². The molecule has 0 fully saturated rings. The Bertz CT molecular complexity index is 1110. The van der Waals surface area contributed by atoms with Gasteiger partial charge in [0, 0.05) is 5.56 Å². The minimum atomic E-state index is -4.43. The van der Waals surface area contributed by atoms with Crippen LogP contribution in [0.15, 0.2) is 59.0 Å². The number of nitrogens with zero attached hydrogens (tertiary/aromatic N) is 1. The van der Waals surface area contributed by atoms with Crippen molar-refractivity contribution in [1.82, 2.24) is 0 Å². The summed E-state index contributed by atoms with van der Waals surface area (Å²) < 4.78 is 54.9. The van der Waals surface area contributed by atoms with Crippen LogP contribution >= 0.6 is 0 Å². The van der Waals surface area contributed by atoms with E-state index in [1.165, 1.54) is 18.2 Å². The Morgan fingerprint density at radius 2 is 1.82 bits per heavy atom. The molecule has 0 spiro atoms. The molecule has 140 valence electrons. The minimum Gasteiger partial charge on any atom is -0.457 e. The average Bonchev–Trinajstić information content (AvgIpc) is 3.34. The zero-order valence-corrected chi connectivity index (χ0v) is 14.3. The molecule has 4 nitrogen and oxygen atoms in total. The van der Waals surface area contributed by atoms with E-state index in [9.17, 15) is 18.4 Å². The first-order valence-electron chi connectivity index (χ1n) is 8.23. The molecule has 1 aliphatic heterocycles. The molecule has 1 aromatic heterocycles. The number of rotatable bonds is 3. The normalized spacial score (nSPS) is 13.4. The molecular weight excluding hydrogens is 371 g/mol. The van der Waals surface area contributed by atoms with Gasteiger partial charge < -0.3 is 13.9 Å². The Balaban J connectivity index is 1.64. The standard InChI is InChI=1S/C21H12F3NO3/c22-21(23,24)16-3-1-2-14(8-16)18-7-5-17(28-18)9-15(11-25)13-4-6-19-20(10-13)27-12-26-19/h1-10H,12H2/b15-9-. The highest BCUT2D eigenvalue weighted by Gasteiger charge is 2.30. The zero-order valence-electron chi connectivity index (χ0n) is 14.3. The van der Waals surface area contributed by atoms with E-state index in [1.54, 1.807) is 30.3 Å². The second-order valence-corrected chi connectivity index (χ2v) is 6.02. The second kappa shape index (κ2) is 6.82. The van der Waals surface area contributed by atoms with Crippen LogP contribution in [0.25, 0.3) is 23.0 Å². The van der Waals surface area contributed by atoms with Crippen LogP contribution in [-0.4, -0.2) is 6.79 Å². The highest BCUT2D eigenvalue weighted by molar-refractivity contribution is 5.89. The number of benzene rings is 2. The van der Waals surface area contributed by atoms with Gasteiger partial charge in [-0.25, -0.2) is 0 Å². The van der Waals surface area contributed by atoms with Gasteiger partial charge in [-0.2, -0.15) is 18.4 Å². The summed E-state index contributed by atoms with van der Waals surface area (Å²) in [4.78, 5) is 0. The molecular formula is C21H12F3NO3. The van der Waals surface area contributed by atoms with E-state index in [0.717, 1.165) is 12.1 Å². The van der Waals surface area contributed by atoms with Crippen molar-refractivity contribution in [2.24, 2.45) is 0 Å². The molecule has 0 atom stereocenters. The Kier molecular flexibility index (Phi) is 4.32. The summed E-state index contributed by atoms with van der Waals surface area (Å²) in [5, 5.41) is 9.48. The number of hydrogen-bond acceptors (Lipinski definition) is 4. The van der Waals surface area contributed by atoms with Crippen LogP contribution in [0.1, 0.15) is 16.9 Å². The van der Waals surface area contributed by atoms with Crippen LogP contribution < -0.4 is 9.47 Å². The van der Waals surface area contributed by atoms with Crippen LogP contribution in [0.2, 0.25) is 0 Å². The number of halogens is 3. The van der Waals surface area contributed by atoms with Crippen molar-refractivity contribution in [3.63, 3.8) is 0 Å². The lowest BCUT2D eigenvalue weighted by Gasteiger charge is -2.07. The molecule has 0 amide bonds. The number of allylic oxidation sites excluding steroid dienone is 1. The summed E-state index contributed by atoms with van der Waals surface area (Å²) in [7, 11) is 0. The number of ether oxygens (including phenoxy) is 2. The van der Waals surface area contributed by atoms with E-state index in [4.69, 9.17) is 13.9 Å². The van der Waals surface area contributed by atoms with Crippen molar-refractivity contribution < 1.29 is 27.1 Å². The number of furan rings is 1. The lowest BCUT2D eigenvalue weighted by Crippen LogP contribution is -2.04. The van der Waals surface area contributed by atoms with E-state index in [1.807, 2.05) is 0 Å². The van der Waals surface area contributed by atoms with Gasteiger partial charge in [0.15, 0.2) is 11.5 Å².